The molecule has 4 nitrogen and oxygen atoms in total. The lowest BCUT2D eigenvalue weighted by Crippen LogP contribution is -2.39. The first-order chi connectivity index (χ1) is 9.24. The van der Waals surface area contributed by atoms with Gasteiger partial charge in [0, 0.05) is 16.7 Å². The van der Waals surface area contributed by atoms with E-state index in [1.807, 2.05) is 18.2 Å². The molecule has 20 heavy (non-hydrogen) atoms. The summed E-state index contributed by atoms with van der Waals surface area (Å²) in [5.74, 6) is -1.16. The molecule has 0 radical (unpaired) electrons. The van der Waals surface area contributed by atoms with Gasteiger partial charge in [-0.2, -0.15) is 0 Å². The zero-order valence-electron chi connectivity index (χ0n) is 12.3. The van der Waals surface area contributed by atoms with E-state index >= 15 is 0 Å². The highest BCUT2D eigenvalue weighted by molar-refractivity contribution is 8.00. The molecule has 1 aromatic carbocycles. The molecule has 0 aliphatic rings. The highest BCUT2D eigenvalue weighted by atomic mass is 32.2. The number of thioether (sulfide) groups is 1. The Labute approximate surface area is 124 Å². The molecule has 0 bridgehead atoms. The van der Waals surface area contributed by atoms with Gasteiger partial charge in [0.2, 0.25) is 0 Å². The van der Waals surface area contributed by atoms with Crippen LogP contribution in [0.15, 0.2) is 29.2 Å². The predicted octanol–water partition coefficient (Wildman–Crippen LogP) is 3.03. The molecule has 0 spiro atoms. The quantitative estimate of drug-likeness (QED) is 0.792. The summed E-state index contributed by atoms with van der Waals surface area (Å²) in [5.41, 5.74) is -0.386. The summed E-state index contributed by atoms with van der Waals surface area (Å²) in [5, 5.41) is 12.1. The monoisotopic (exact) mass is 295 g/mol. The second kappa shape index (κ2) is 6.79. The van der Waals surface area contributed by atoms with Gasteiger partial charge in [-0.25, -0.2) is 0 Å². The average Bonchev–Trinajstić information content (AvgIpc) is 2.36. The maximum absolute atomic E-state index is 12.2. The molecule has 0 atom stereocenters. The number of benzene rings is 1. The van der Waals surface area contributed by atoms with Crippen molar-refractivity contribution in [1.29, 1.82) is 0 Å². The van der Waals surface area contributed by atoms with Gasteiger partial charge in [-0.1, -0.05) is 26.0 Å². The number of carboxylic acid groups (broad SMARTS) is 1. The third-order valence-electron chi connectivity index (χ3n) is 2.76. The first-order valence-corrected chi connectivity index (χ1v) is 7.39. The van der Waals surface area contributed by atoms with Crippen LogP contribution in [0.25, 0.3) is 0 Å². The fourth-order valence-electron chi connectivity index (χ4n) is 1.48. The zero-order chi connectivity index (χ0) is 15.3. The second-order valence-corrected chi connectivity index (χ2v) is 7.15. The van der Waals surface area contributed by atoms with Crippen molar-refractivity contribution < 1.29 is 14.7 Å². The minimum atomic E-state index is -0.976. The Bertz CT molecular complexity index is 498. The molecule has 0 saturated carbocycles. The molecule has 1 aromatic rings. The number of nitrogens with one attached hydrogen (secondary N) is 1. The summed E-state index contributed by atoms with van der Waals surface area (Å²) in [4.78, 5) is 24.1. The van der Waals surface area contributed by atoms with E-state index in [0.29, 0.717) is 10.8 Å². The number of carbonyl (C=O) groups is 2. The lowest BCUT2D eigenvalue weighted by Gasteiger charge is -2.20. The number of hydrogen-bond acceptors (Lipinski definition) is 3. The predicted molar refractivity (Wildman–Crippen MR) is 81.2 cm³/mol. The molecular formula is C15H21NO3S. The third kappa shape index (κ3) is 4.56. The van der Waals surface area contributed by atoms with Crippen molar-refractivity contribution in [3.05, 3.63) is 29.8 Å². The van der Waals surface area contributed by atoms with Crippen molar-refractivity contribution in [2.45, 2.75) is 37.8 Å². The molecule has 0 aliphatic heterocycles. The van der Waals surface area contributed by atoms with E-state index in [1.165, 1.54) is 0 Å². The van der Waals surface area contributed by atoms with Crippen LogP contribution in [-0.2, 0) is 4.79 Å². The van der Waals surface area contributed by atoms with Crippen LogP contribution >= 0.6 is 11.8 Å². The lowest BCUT2D eigenvalue weighted by atomic mass is 9.94. The first kappa shape index (κ1) is 16.6. The number of carboxylic acids is 1. The van der Waals surface area contributed by atoms with Crippen molar-refractivity contribution in [1.82, 2.24) is 5.32 Å². The van der Waals surface area contributed by atoms with Gasteiger partial charge in [0.25, 0.3) is 5.91 Å². The van der Waals surface area contributed by atoms with Crippen LogP contribution in [0.2, 0.25) is 0 Å². The van der Waals surface area contributed by atoms with Crippen molar-refractivity contribution in [3.63, 3.8) is 0 Å². The van der Waals surface area contributed by atoms with E-state index in [1.54, 1.807) is 31.7 Å². The van der Waals surface area contributed by atoms with Gasteiger partial charge in [-0.15, -0.1) is 11.8 Å². The van der Waals surface area contributed by atoms with Gasteiger partial charge in [-0.3, -0.25) is 9.59 Å². The Hall–Kier alpha value is -1.49. The first-order valence-electron chi connectivity index (χ1n) is 6.51. The van der Waals surface area contributed by atoms with Crippen LogP contribution in [0.3, 0.4) is 0 Å². The van der Waals surface area contributed by atoms with Crippen molar-refractivity contribution in [3.8, 4) is 0 Å². The third-order valence-corrected chi connectivity index (χ3v) is 3.85. The van der Waals surface area contributed by atoms with Gasteiger partial charge < -0.3 is 10.4 Å². The van der Waals surface area contributed by atoms with Crippen molar-refractivity contribution in [2.24, 2.45) is 5.41 Å². The maximum Gasteiger partial charge on any atom is 0.310 e. The van der Waals surface area contributed by atoms with Crippen LogP contribution in [0, 0.1) is 5.41 Å². The standard InChI is InChI=1S/C15H21NO3S/c1-10(2)20-12-8-6-5-7-11(12)13(17)16-9-15(3,4)14(18)19/h5-8,10H,9H2,1-4H3,(H,16,17)(H,18,19). The summed E-state index contributed by atoms with van der Waals surface area (Å²) in [6.07, 6.45) is 0. The SMILES string of the molecule is CC(C)Sc1ccccc1C(=O)NCC(C)(C)C(=O)O. The van der Waals surface area contributed by atoms with Crippen LogP contribution in [-0.4, -0.2) is 28.8 Å². The molecule has 110 valence electrons. The number of aliphatic carboxylic acids is 1. The zero-order valence-corrected chi connectivity index (χ0v) is 13.1. The van der Waals surface area contributed by atoms with E-state index in [4.69, 9.17) is 5.11 Å². The molecule has 0 aromatic heterocycles. The molecule has 1 rings (SSSR count). The number of hydrogen-bond donors (Lipinski definition) is 2. The highest BCUT2D eigenvalue weighted by Crippen LogP contribution is 2.26. The number of rotatable bonds is 6. The molecule has 0 saturated heterocycles. The Kier molecular flexibility index (Phi) is 5.62. The average molecular weight is 295 g/mol. The van der Waals surface area contributed by atoms with Gasteiger partial charge in [0.05, 0.1) is 11.0 Å². The molecule has 1 amide bonds. The topological polar surface area (TPSA) is 66.4 Å². The maximum atomic E-state index is 12.2. The molecular weight excluding hydrogens is 274 g/mol. The normalized spacial score (nSPS) is 11.4. The Morgan fingerprint density at radius 1 is 1.30 bits per heavy atom. The van der Waals surface area contributed by atoms with Crippen LogP contribution < -0.4 is 5.32 Å². The fourth-order valence-corrected chi connectivity index (χ4v) is 2.44. The molecule has 2 N–H and O–H groups in total. The van der Waals surface area contributed by atoms with Gasteiger partial charge >= 0.3 is 5.97 Å². The van der Waals surface area contributed by atoms with Crippen molar-refractivity contribution >= 4 is 23.6 Å². The number of carbonyl (C=O) groups excluding carboxylic acids is 1. The van der Waals surface area contributed by atoms with E-state index < -0.39 is 11.4 Å². The Morgan fingerprint density at radius 2 is 1.90 bits per heavy atom. The summed E-state index contributed by atoms with van der Waals surface area (Å²) >= 11 is 1.62. The van der Waals surface area contributed by atoms with Crippen LogP contribution in [0.4, 0.5) is 0 Å². The lowest BCUT2D eigenvalue weighted by molar-refractivity contribution is -0.146. The van der Waals surface area contributed by atoms with E-state index in [9.17, 15) is 9.59 Å². The summed E-state index contributed by atoms with van der Waals surface area (Å²) in [6.45, 7) is 7.40. The van der Waals surface area contributed by atoms with E-state index in [2.05, 4.69) is 19.2 Å². The minimum Gasteiger partial charge on any atom is -0.481 e. The summed E-state index contributed by atoms with van der Waals surface area (Å²) in [7, 11) is 0. The van der Waals surface area contributed by atoms with E-state index in [-0.39, 0.29) is 12.5 Å². The molecule has 0 heterocycles. The molecule has 0 unspecified atom stereocenters. The Morgan fingerprint density at radius 3 is 2.45 bits per heavy atom. The van der Waals surface area contributed by atoms with E-state index in [0.717, 1.165) is 4.90 Å². The molecule has 0 aliphatic carbocycles. The minimum absolute atomic E-state index is 0.0991. The molecule has 0 fully saturated rings. The highest BCUT2D eigenvalue weighted by Gasteiger charge is 2.28. The summed E-state index contributed by atoms with van der Waals surface area (Å²) in [6, 6.07) is 7.36. The molecule has 5 heteroatoms. The van der Waals surface area contributed by atoms with Gasteiger partial charge in [-0.05, 0) is 26.0 Å². The van der Waals surface area contributed by atoms with Crippen LogP contribution in [0.1, 0.15) is 38.1 Å². The number of amides is 1. The smallest absolute Gasteiger partial charge is 0.310 e. The van der Waals surface area contributed by atoms with Crippen molar-refractivity contribution in [2.75, 3.05) is 6.54 Å². The summed E-state index contributed by atoms with van der Waals surface area (Å²) < 4.78 is 0. The van der Waals surface area contributed by atoms with Gasteiger partial charge in [0.15, 0.2) is 0 Å². The largest absolute Gasteiger partial charge is 0.481 e. The second-order valence-electron chi connectivity index (χ2n) is 5.53. The van der Waals surface area contributed by atoms with Gasteiger partial charge in [0.1, 0.15) is 0 Å². The Balaban J connectivity index is 2.80. The van der Waals surface area contributed by atoms with Crippen LogP contribution in [0.5, 0.6) is 0 Å². The fraction of sp³-hybridized carbons (Fsp3) is 0.467.